The Morgan fingerprint density at radius 3 is 2.11 bits per heavy atom. The van der Waals surface area contributed by atoms with Crippen molar-refractivity contribution in [3.05, 3.63) is 11.0 Å². The second-order valence-electron chi connectivity index (χ2n) is 2.14. The molecule has 0 rings (SSSR count). The van der Waals surface area contributed by atoms with Crippen molar-refractivity contribution in [1.82, 2.24) is 0 Å². The summed E-state index contributed by atoms with van der Waals surface area (Å²) >= 11 is 0. The van der Waals surface area contributed by atoms with E-state index in [4.69, 9.17) is 5.14 Å². The summed E-state index contributed by atoms with van der Waals surface area (Å²) in [7, 11) is -1.27. The van der Waals surface area contributed by atoms with Gasteiger partial charge in [0.2, 0.25) is 0 Å². The van der Waals surface area contributed by atoms with Crippen molar-refractivity contribution < 1.29 is 4.21 Å². The topological polar surface area (TPSA) is 43.1 Å². The van der Waals surface area contributed by atoms with Crippen LogP contribution in [0.15, 0.2) is 11.0 Å². The summed E-state index contributed by atoms with van der Waals surface area (Å²) in [5, 5.41) is 5.15. The molecule has 0 aromatic rings. The summed E-state index contributed by atoms with van der Waals surface area (Å²) in [4.78, 5) is 0.815. The van der Waals surface area contributed by atoms with Crippen LogP contribution < -0.4 is 5.14 Å². The highest BCUT2D eigenvalue weighted by molar-refractivity contribution is 7.86. The number of rotatable bonds is 2. The molecule has 0 heterocycles. The van der Waals surface area contributed by atoms with Gasteiger partial charge in [-0.05, 0) is 12.8 Å². The van der Waals surface area contributed by atoms with Gasteiger partial charge in [0.25, 0.3) is 0 Å². The van der Waals surface area contributed by atoms with Crippen LogP contribution in [0.4, 0.5) is 0 Å². The second kappa shape index (κ2) is 3.80. The Morgan fingerprint density at radius 2 is 2.11 bits per heavy atom. The number of nitrogens with two attached hydrogens (primary N) is 1. The number of allylic oxidation sites excluding steroid dienone is 2. The fourth-order valence-corrected chi connectivity index (χ4v) is 1.38. The maximum Gasteiger partial charge on any atom is 0.117 e. The van der Waals surface area contributed by atoms with Crippen molar-refractivity contribution >= 4 is 11.0 Å². The lowest BCUT2D eigenvalue weighted by molar-refractivity contribution is 0.681. The van der Waals surface area contributed by atoms with Gasteiger partial charge in [0.1, 0.15) is 11.0 Å². The fraction of sp³-hybridized carbons (Fsp3) is 0.667. The Balaban J connectivity index is 4.19. The minimum absolute atomic E-state index is 0.292. The molecule has 2 nitrogen and oxygen atoms in total. The number of hydrogen-bond donors (Lipinski definition) is 1. The van der Waals surface area contributed by atoms with Gasteiger partial charge in [-0.25, -0.2) is 9.35 Å². The highest BCUT2D eigenvalue weighted by Crippen LogP contribution is 2.09. The van der Waals surface area contributed by atoms with Crippen LogP contribution in [0.25, 0.3) is 0 Å². The molecule has 0 aliphatic rings. The molecule has 1 unspecified atom stereocenters. The Hall–Kier alpha value is -0.150. The highest BCUT2D eigenvalue weighted by Gasteiger charge is 2.04. The SMILES string of the molecule is C/C=C(\C(C)C)S(N)=O. The minimum Gasteiger partial charge on any atom is -0.248 e. The summed E-state index contributed by atoms with van der Waals surface area (Å²) in [6.45, 7) is 5.79. The second-order valence-corrected chi connectivity index (χ2v) is 3.21. The molecule has 0 aliphatic heterocycles. The van der Waals surface area contributed by atoms with E-state index >= 15 is 0 Å². The van der Waals surface area contributed by atoms with E-state index < -0.39 is 11.0 Å². The zero-order valence-electron chi connectivity index (χ0n) is 6.05. The minimum atomic E-state index is -1.27. The summed E-state index contributed by atoms with van der Waals surface area (Å²) < 4.78 is 10.6. The average molecular weight is 147 g/mol. The van der Waals surface area contributed by atoms with Gasteiger partial charge in [-0.3, -0.25) is 0 Å². The molecule has 0 amide bonds. The Labute approximate surface area is 58.7 Å². The molecule has 0 radical (unpaired) electrons. The van der Waals surface area contributed by atoms with E-state index in [1.807, 2.05) is 20.8 Å². The van der Waals surface area contributed by atoms with Crippen molar-refractivity contribution in [3.8, 4) is 0 Å². The van der Waals surface area contributed by atoms with Crippen LogP contribution in [0.3, 0.4) is 0 Å². The van der Waals surface area contributed by atoms with E-state index in [1.165, 1.54) is 0 Å². The first-order valence-corrected chi connectivity index (χ1v) is 4.13. The predicted octanol–water partition coefficient (Wildman–Crippen LogP) is 1.17. The molecular weight excluding hydrogens is 134 g/mol. The maximum absolute atomic E-state index is 10.6. The zero-order valence-corrected chi connectivity index (χ0v) is 6.87. The molecule has 0 spiro atoms. The van der Waals surface area contributed by atoms with Gasteiger partial charge in [0, 0.05) is 4.91 Å². The smallest absolute Gasteiger partial charge is 0.117 e. The van der Waals surface area contributed by atoms with Crippen LogP contribution in [0, 0.1) is 5.92 Å². The van der Waals surface area contributed by atoms with Gasteiger partial charge in [-0.1, -0.05) is 19.9 Å². The van der Waals surface area contributed by atoms with Crippen molar-refractivity contribution in [3.63, 3.8) is 0 Å². The van der Waals surface area contributed by atoms with Gasteiger partial charge in [0.15, 0.2) is 0 Å². The lowest BCUT2D eigenvalue weighted by Crippen LogP contribution is -2.09. The molecule has 3 heteroatoms. The Bertz CT molecular complexity index is 140. The van der Waals surface area contributed by atoms with E-state index in [0.29, 0.717) is 5.92 Å². The van der Waals surface area contributed by atoms with Crippen molar-refractivity contribution in [2.24, 2.45) is 11.1 Å². The van der Waals surface area contributed by atoms with Gasteiger partial charge in [-0.2, -0.15) is 0 Å². The van der Waals surface area contributed by atoms with Crippen LogP contribution >= 0.6 is 0 Å². The molecule has 0 aliphatic carbocycles. The molecule has 54 valence electrons. The van der Waals surface area contributed by atoms with Crippen molar-refractivity contribution in [2.45, 2.75) is 20.8 Å². The van der Waals surface area contributed by atoms with Crippen LogP contribution in [-0.4, -0.2) is 4.21 Å². The quantitative estimate of drug-likeness (QED) is 0.626. The first-order chi connectivity index (χ1) is 4.09. The summed E-state index contributed by atoms with van der Waals surface area (Å²) in [5.41, 5.74) is 0. The van der Waals surface area contributed by atoms with Crippen molar-refractivity contribution in [2.75, 3.05) is 0 Å². The largest absolute Gasteiger partial charge is 0.248 e. The first-order valence-electron chi connectivity index (χ1n) is 2.92. The van der Waals surface area contributed by atoms with Crippen LogP contribution in [0.2, 0.25) is 0 Å². The molecule has 0 saturated carbocycles. The molecule has 9 heavy (non-hydrogen) atoms. The molecule has 2 N–H and O–H groups in total. The third-order valence-corrected chi connectivity index (χ3v) is 2.26. The van der Waals surface area contributed by atoms with E-state index in [1.54, 1.807) is 6.08 Å². The predicted molar refractivity (Wildman–Crippen MR) is 40.9 cm³/mol. The molecule has 1 atom stereocenters. The average Bonchev–Trinajstić information content (AvgIpc) is 1.64. The summed E-state index contributed by atoms with van der Waals surface area (Å²) in [6.07, 6.45) is 1.81. The molecule has 0 aromatic carbocycles. The van der Waals surface area contributed by atoms with Gasteiger partial charge >= 0.3 is 0 Å². The summed E-state index contributed by atoms with van der Waals surface area (Å²) in [5.74, 6) is 0.292. The zero-order chi connectivity index (χ0) is 7.44. The van der Waals surface area contributed by atoms with Crippen LogP contribution in [-0.2, 0) is 11.0 Å². The third kappa shape index (κ3) is 2.77. The van der Waals surface area contributed by atoms with E-state index in [2.05, 4.69) is 0 Å². The van der Waals surface area contributed by atoms with Crippen molar-refractivity contribution in [1.29, 1.82) is 0 Å². The molecule has 0 aromatic heterocycles. The molecule has 0 bridgehead atoms. The van der Waals surface area contributed by atoms with Crippen LogP contribution in [0.1, 0.15) is 20.8 Å². The van der Waals surface area contributed by atoms with Gasteiger partial charge < -0.3 is 0 Å². The third-order valence-electron chi connectivity index (χ3n) is 1.09. The fourth-order valence-electron chi connectivity index (χ4n) is 0.682. The van der Waals surface area contributed by atoms with E-state index in [0.717, 1.165) is 4.91 Å². The lowest BCUT2D eigenvalue weighted by Gasteiger charge is -2.04. The summed E-state index contributed by atoms with van der Waals surface area (Å²) in [6, 6.07) is 0. The van der Waals surface area contributed by atoms with E-state index in [-0.39, 0.29) is 0 Å². The maximum atomic E-state index is 10.6. The molecule has 0 saturated heterocycles. The Morgan fingerprint density at radius 1 is 1.67 bits per heavy atom. The van der Waals surface area contributed by atoms with Crippen LogP contribution in [0.5, 0.6) is 0 Å². The first kappa shape index (κ1) is 8.85. The Kier molecular flexibility index (Phi) is 3.73. The van der Waals surface area contributed by atoms with Gasteiger partial charge in [-0.15, -0.1) is 0 Å². The molecular formula is C6H13NOS. The highest BCUT2D eigenvalue weighted by atomic mass is 32.2. The molecule has 0 fully saturated rings. The standard InChI is InChI=1S/C6H13NOS/c1-4-6(5(2)3)9(7)8/h4-5H,7H2,1-3H3/b6-4+. The lowest BCUT2D eigenvalue weighted by atomic mass is 10.2. The monoisotopic (exact) mass is 147 g/mol. The normalized spacial score (nSPS) is 16.3. The van der Waals surface area contributed by atoms with Gasteiger partial charge in [0.05, 0.1) is 0 Å². The number of hydrogen-bond acceptors (Lipinski definition) is 1. The van der Waals surface area contributed by atoms with E-state index in [9.17, 15) is 4.21 Å².